The van der Waals surface area contributed by atoms with Crippen molar-refractivity contribution in [3.05, 3.63) is 48.1 Å². The zero-order chi connectivity index (χ0) is 18.2. The van der Waals surface area contributed by atoms with Gasteiger partial charge in [0.25, 0.3) is 0 Å². The maximum absolute atomic E-state index is 5.49. The second kappa shape index (κ2) is 14.6. The number of aryl methyl sites for hydroxylation is 1. The second-order valence-electron chi connectivity index (χ2n) is 6.43. The first-order valence-corrected chi connectivity index (χ1v) is 9.83. The van der Waals surface area contributed by atoms with E-state index in [2.05, 4.69) is 37.3 Å². The van der Waals surface area contributed by atoms with E-state index in [0.717, 1.165) is 24.3 Å². The molecular formula is C23H36O2. The summed E-state index contributed by atoms with van der Waals surface area (Å²) in [6.07, 6.45) is 21.4. The molecule has 0 aromatic heterocycles. The van der Waals surface area contributed by atoms with Gasteiger partial charge in [-0.25, -0.2) is 0 Å². The van der Waals surface area contributed by atoms with Crippen molar-refractivity contribution in [1.29, 1.82) is 0 Å². The van der Waals surface area contributed by atoms with Crippen molar-refractivity contribution in [3.8, 4) is 11.5 Å². The van der Waals surface area contributed by atoms with Crippen LogP contribution in [0.3, 0.4) is 0 Å². The highest BCUT2D eigenvalue weighted by atomic mass is 16.5. The lowest BCUT2D eigenvalue weighted by Crippen LogP contribution is -1.96. The molecule has 0 aliphatic heterocycles. The fourth-order valence-electron chi connectivity index (χ4n) is 2.91. The van der Waals surface area contributed by atoms with E-state index in [4.69, 9.17) is 9.47 Å². The molecule has 0 radical (unpaired) electrons. The van der Waals surface area contributed by atoms with Gasteiger partial charge in [0.2, 0.25) is 0 Å². The molecule has 0 aliphatic rings. The minimum Gasteiger partial charge on any atom is -0.493 e. The molecular weight excluding hydrogens is 308 g/mol. The monoisotopic (exact) mass is 344 g/mol. The molecule has 2 heteroatoms. The molecule has 0 heterocycles. The largest absolute Gasteiger partial charge is 0.493 e. The average Bonchev–Trinajstić information content (AvgIpc) is 2.65. The number of benzene rings is 1. The minimum absolute atomic E-state index is 0.828. The third-order valence-corrected chi connectivity index (χ3v) is 4.38. The quantitative estimate of drug-likeness (QED) is 0.270. The number of allylic oxidation sites excluding steroid dienone is 4. The number of rotatable bonds is 14. The molecule has 0 atom stereocenters. The normalized spacial score (nSPS) is 11.5. The SMILES string of the molecule is CCCCC=CCC=CCCCCCCc1cccc(OC)c1OC. The van der Waals surface area contributed by atoms with Crippen LogP contribution in [-0.4, -0.2) is 14.2 Å². The average molecular weight is 345 g/mol. The van der Waals surface area contributed by atoms with Crippen molar-refractivity contribution in [2.45, 2.75) is 71.1 Å². The van der Waals surface area contributed by atoms with Crippen LogP contribution in [0.5, 0.6) is 11.5 Å². The van der Waals surface area contributed by atoms with E-state index in [0.29, 0.717) is 0 Å². The van der Waals surface area contributed by atoms with Gasteiger partial charge >= 0.3 is 0 Å². The lowest BCUT2D eigenvalue weighted by atomic mass is 10.0. The summed E-state index contributed by atoms with van der Waals surface area (Å²) in [5.74, 6) is 1.72. The molecule has 0 saturated heterocycles. The Kier molecular flexibility index (Phi) is 12.5. The predicted octanol–water partition coefficient (Wildman–Crippen LogP) is 6.89. The van der Waals surface area contributed by atoms with Crippen molar-refractivity contribution in [3.63, 3.8) is 0 Å². The first kappa shape index (κ1) is 21.3. The molecule has 0 fully saturated rings. The zero-order valence-corrected chi connectivity index (χ0v) is 16.4. The van der Waals surface area contributed by atoms with Crippen molar-refractivity contribution >= 4 is 0 Å². The summed E-state index contributed by atoms with van der Waals surface area (Å²) in [7, 11) is 3.41. The van der Waals surface area contributed by atoms with E-state index in [1.165, 1.54) is 56.9 Å². The van der Waals surface area contributed by atoms with Crippen LogP contribution >= 0.6 is 0 Å². The van der Waals surface area contributed by atoms with Crippen LogP contribution in [-0.2, 0) is 6.42 Å². The summed E-state index contributed by atoms with van der Waals surface area (Å²) in [6, 6.07) is 6.13. The molecule has 25 heavy (non-hydrogen) atoms. The Morgan fingerprint density at radius 3 is 2.20 bits per heavy atom. The third-order valence-electron chi connectivity index (χ3n) is 4.38. The van der Waals surface area contributed by atoms with Crippen LogP contribution in [0.4, 0.5) is 0 Å². The van der Waals surface area contributed by atoms with Gasteiger partial charge in [-0.2, -0.15) is 0 Å². The molecule has 1 aromatic rings. The van der Waals surface area contributed by atoms with Crippen LogP contribution < -0.4 is 9.47 Å². The number of hydrogen-bond acceptors (Lipinski definition) is 2. The Morgan fingerprint density at radius 1 is 0.800 bits per heavy atom. The fraction of sp³-hybridized carbons (Fsp3) is 0.565. The maximum Gasteiger partial charge on any atom is 0.163 e. The van der Waals surface area contributed by atoms with Gasteiger partial charge in [-0.3, -0.25) is 0 Å². The van der Waals surface area contributed by atoms with E-state index in [-0.39, 0.29) is 0 Å². The minimum atomic E-state index is 0.828. The number of methoxy groups -OCH3 is 2. The van der Waals surface area contributed by atoms with E-state index >= 15 is 0 Å². The molecule has 1 aromatic carbocycles. The third kappa shape index (κ3) is 9.38. The summed E-state index contributed by atoms with van der Waals surface area (Å²) in [6.45, 7) is 2.24. The molecule has 0 bridgehead atoms. The Bertz CT molecular complexity index is 503. The molecule has 0 aliphatic carbocycles. The summed E-state index contributed by atoms with van der Waals surface area (Å²) in [4.78, 5) is 0. The van der Waals surface area contributed by atoms with Crippen LogP contribution in [0.2, 0.25) is 0 Å². The number of unbranched alkanes of at least 4 members (excludes halogenated alkanes) is 6. The second-order valence-corrected chi connectivity index (χ2v) is 6.43. The van der Waals surface area contributed by atoms with Crippen LogP contribution in [0.1, 0.15) is 70.3 Å². The van der Waals surface area contributed by atoms with Gasteiger partial charge in [0.1, 0.15) is 0 Å². The zero-order valence-electron chi connectivity index (χ0n) is 16.4. The highest BCUT2D eigenvalue weighted by Gasteiger charge is 2.08. The van der Waals surface area contributed by atoms with Crippen LogP contribution in [0.25, 0.3) is 0 Å². The molecule has 1 rings (SSSR count). The van der Waals surface area contributed by atoms with Crippen molar-refractivity contribution in [2.24, 2.45) is 0 Å². The highest BCUT2D eigenvalue weighted by Crippen LogP contribution is 2.31. The van der Waals surface area contributed by atoms with Crippen LogP contribution in [0.15, 0.2) is 42.5 Å². The predicted molar refractivity (Wildman–Crippen MR) is 109 cm³/mol. The molecule has 0 N–H and O–H groups in total. The van der Waals surface area contributed by atoms with E-state index in [9.17, 15) is 0 Å². The summed E-state index contributed by atoms with van der Waals surface area (Å²) in [5, 5.41) is 0. The molecule has 0 saturated carbocycles. The number of para-hydroxylation sites is 1. The first-order valence-electron chi connectivity index (χ1n) is 9.83. The number of hydrogen-bond donors (Lipinski definition) is 0. The van der Waals surface area contributed by atoms with E-state index in [1.54, 1.807) is 14.2 Å². The van der Waals surface area contributed by atoms with Gasteiger partial charge in [0, 0.05) is 0 Å². The van der Waals surface area contributed by atoms with Gasteiger partial charge in [-0.05, 0) is 50.2 Å². The highest BCUT2D eigenvalue weighted by molar-refractivity contribution is 5.46. The summed E-state index contributed by atoms with van der Waals surface area (Å²) < 4.78 is 10.8. The molecule has 2 nitrogen and oxygen atoms in total. The fourth-order valence-corrected chi connectivity index (χ4v) is 2.91. The van der Waals surface area contributed by atoms with Crippen LogP contribution in [0, 0.1) is 0 Å². The van der Waals surface area contributed by atoms with Gasteiger partial charge < -0.3 is 9.47 Å². The smallest absolute Gasteiger partial charge is 0.163 e. The summed E-state index contributed by atoms with van der Waals surface area (Å²) >= 11 is 0. The van der Waals surface area contributed by atoms with E-state index < -0.39 is 0 Å². The van der Waals surface area contributed by atoms with Crippen molar-refractivity contribution in [2.75, 3.05) is 14.2 Å². The van der Waals surface area contributed by atoms with Gasteiger partial charge in [0.05, 0.1) is 14.2 Å². The lowest BCUT2D eigenvalue weighted by molar-refractivity contribution is 0.351. The first-order chi connectivity index (χ1) is 12.3. The Balaban J connectivity index is 2.10. The van der Waals surface area contributed by atoms with E-state index in [1.807, 2.05) is 12.1 Å². The molecule has 0 spiro atoms. The molecule has 140 valence electrons. The van der Waals surface area contributed by atoms with Crippen molar-refractivity contribution in [1.82, 2.24) is 0 Å². The number of ether oxygens (including phenoxy) is 2. The molecule has 0 amide bonds. The maximum atomic E-state index is 5.49. The van der Waals surface area contributed by atoms with Gasteiger partial charge in [0.15, 0.2) is 11.5 Å². The van der Waals surface area contributed by atoms with Gasteiger partial charge in [-0.15, -0.1) is 0 Å². The Labute approximate surface area is 154 Å². The Morgan fingerprint density at radius 2 is 1.52 bits per heavy atom. The standard InChI is InChI=1S/C23H36O2/c1-4-5-6-7-8-9-10-11-12-13-14-15-16-18-21-19-17-20-22(24-2)23(21)25-3/h7-8,10-11,17,19-20H,4-6,9,12-16,18H2,1-3H3. The van der Waals surface area contributed by atoms with Crippen molar-refractivity contribution < 1.29 is 9.47 Å². The van der Waals surface area contributed by atoms with Gasteiger partial charge in [-0.1, -0.05) is 69.0 Å². The topological polar surface area (TPSA) is 18.5 Å². The Hall–Kier alpha value is -1.70. The molecule has 0 unspecified atom stereocenters. The lowest BCUT2D eigenvalue weighted by Gasteiger charge is -2.12. The summed E-state index contributed by atoms with van der Waals surface area (Å²) in [5.41, 5.74) is 1.25.